The van der Waals surface area contributed by atoms with Crippen LogP contribution in [0.25, 0.3) is 0 Å². The van der Waals surface area contributed by atoms with E-state index >= 15 is 0 Å². The zero-order valence-electron chi connectivity index (χ0n) is 21.3. The van der Waals surface area contributed by atoms with Gasteiger partial charge in [-0.05, 0) is 47.8 Å². The molecule has 12 nitrogen and oxygen atoms in total. The van der Waals surface area contributed by atoms with Crippen LogP contribution in [0.1, 0.15) is 33.6 Å². The second-order valence-corrected chi connectivity index (χ2v) is 11.3. The monoisotopic (exact) mass is 644 g/mol. The van der Waals surface area contributed by atoms with E-state index in [2.05, 4.69) is 10.6 Å². The molecule has 216 valence electrons. The quantitative estimate of drug-likeness (QED) is 0.209. The first-order valence-electron chi connectivity index (χ1n) is 12.0. The number of hydrogen-bond acceptors (Lipinski definition) is 10. The fraction of sp³-hybridized carbons (Fsp3) is 0.154. The van der Waals surface area contributed by atoms with Crippen molar-refractivity contribution < 1.29 is 39.0 Å². The third-order valence-electron chi connectivity index (χ3n) is 5.89. The normalized spacial score (nSPS) is 16.7. The molecule has 2 fully saturated rings. The molecule has 0 radical (unpaired) electrons. The molecule has 42 heavy (non-hydrogen) atoms. The maximum absolute atomic E-state index is 12.7. The largest absolute Gasteiger partial charge is 0.478 e. The molecule has 0 atom stereocenters. The van der Waals surface area contributed by atoms with E-state index in [-0.39, 0.29) is 68.2 Å². The molecule has 2 aromatic carbocycles. The SMILES string of the molecule is O=C(CCN1C(=O)S/C(=C2/SC(=O)N(CCC(=O)Nc3ccccc3C(=O)O)C2=S)C1=S)Nc1ccccc1C(=O)O. The highest BCUT2D eigenvalue weighted by molar-refractivity contribution is 8.23. The maximum Gasteiger partial charge on any atom is 0.337 e. The van der Waals surface area contributed by atoms with E-state index in [9.17, 15) is 39.0 Å². The van der Waals surface area contributed by atoms with Gasteiger partial charge in [-0.15, -0.1) is 0 Å². The lowest BCUT2D eigenvalue weighted by Gasteiger charge is -2.16. The summed E-state index contributed by atoms with van der Waals surface area (Å²) in [6, 6.07) is 11.8. The first-order chi connectivity index (χ1) is 20.0. The molecule has 0 spiro atoms. The van der Waals surface area contributed by atoms with Gasteiger partial charge in [0, 0.05) is 25.9 Å². The van der Waals surface area contributed by atoms with Gasteiger partial charge < -0.3 is 20.8 Å². The minimum absolute atomic E-state index is 0.0789. The van der Waals surface area contributed by atoms with Crippen molar-refractivity contribution in [3.63, 3.8) is 0 Å². The minimum atomic E-state index is -1.20. The first-order valence-corrected chi connectivity index (χ1v) is 14.5. The van der Waals surface area contributed by atoms with E-state index in [0.29, 0.717) is 0 Å². The van der Waals surface area contributed by atoms with E-state index in [0.717, 1.165) is 23.5 Å². The zero-order chi connectivity index (χ0) is 30.6. The lowest BCUT2D eigenvalue weighted by atomic mass is 10.1. The molecule has 4 rings (SSSR count). The molecule has 2 saturated heterocycles. The predicted molar refractivity (Wildman–Crippen MR) is 165 cm³/mol. The van der Waals surface area contributed by atoms with Gasteiger partial charge >= 0.3 is 11.9 Å². The van der Waals surface area contributed by atoms with Crippen LogP contribution in [0.3, 0.4) is 0 Å². The molecular weight excluding hydrogens is 625 g/mol. The lowest BCUT2D eigenvalue weighted by molar-refractivity contribution is -0.117. The average Bonchev–Trinajstić information content (AvgIpc) is 3.39. The number of carbonyl (C=O) groups is 6. The first kappa shape index (κ1) is 30.8. The molecule has 0 unspecified atom stereocenters. The molecule has 2 aliphatic rings. The van der Waals surface area contributed by atoms with Crippen LogP contribution in [0.4, 0.5) is 21.0 Å². The van der Waals surface area contributed by atoms with Crippen molar-refractivity contribution in [3.05, 3.63) is 69.5 Å². The summed E-state index contributed by atoms with van der Waals surface area (Å²) in [6.07, 6.45) is -0.350. The highest BCUT2D eigenvalue weighted by atomic mass is 32.2. The number of amides is 4. The van der Waals surface area contributed by atoms with E-state index in [1.165, 1.54) is 46.2 Å². The molecule has 0 aromatic heterocycles. The molecule has 0 aliphatic carbocycles. The number of thioether (sulfide) groups is 2. The van der Waals surface area contributed by atoms with Crippen molar-refractivity contribution >= 4 is 104 Å². The second kappa shape index (κ2) is 13.2. The highest BCUT2D eigenvalue weighted by Crippen LogP contribution is 2.43. The Morgan fingerprint density at radius 3 is 1.38 bits per heavy atom. The Labute approximate surface area is 257 Å². The number of nitrogens with zero attached hydrogens (tertiary/aromatic N) is 2. The van der Waals surface area contributed by atoms with Gasteiger partial charge in [-0.3, -0.25) is 29.0 Å². The fourth-order valence-electron chi connectivity index (χ4n) is 3.87. The van der Waals surface area contributed by atoms with Gasteiger partial charge in [-0.1, -0.05) is 48.7 Å². The molecule has 2 aromatic rings. The number of nitrogens with one attached hydrogen (secondary N) is 2. The topological polar surface area (TPSA) is 173 Å². The number of carboxylic acids is 2. The molecule has 2 aliphatic heterocycles. The third kappa shape index (κ3) is 6.84. The van der Waals surface area contributed by atoms with Crippen LogP contribution in [0.5, 0.6) is 0 Å². The number of carbonyl (C=O) groups excluding carboxylic acids is 4. The Kier molecular flexibility index (Phi) is 9.72. The third-order valence-corrected chi connectivity index (χ3v) is 9.12. The summed E-state index contributed by atoms with van der Waals surface area (Å²) < 4.78 is 0. The standard InChI is InChI=1S/C26H20N4O8S4/c31-17(27-15-7-3-1-5-13(15)23(33)34)9-11-29-21(39)19(41-25(29)37)20-22(40)30(26(38)42-20)12-10-18(32)28-16-8-4-2-6-14(16)24(35)36/h1-8H,9-12H2,(H,27,31)(H,28,32)(H,33,34)(H,35,36)/b20-19+. The maximum atomic E-state index is 12.7. The van der Waals surface area contributed by atoms with Crippen molar-refractivity contribution in [1.82, 2.24) is 9.80 Å². The molecule has 4 N–H and O–H groups in total. The van der Waals surface area contributed by atoms with Crippen molar-refractivity contribution in [2.24, 2.45) is 0 Å². The van der Waals surface area contributed by atoms with Gasteiger partial charge in [0.25, 0.3) is 10.5 Å². The summed E-state index contributed by atoms with van der Waals surface area (Å²) in [7, 11) is 0. The highest BCUT2D eigenvalue weighted by Gasteiger charge is 2.41. The summed E-state index contributed by atoms with van der Waals surface area (Å²) in [6.45, 7) is -0.175. The van der Waals surface area contributed by atoms with Crippen LogP contribution < -0.4 is 10.6 Å². The average molecular weight is 645 g/mol. The van der Waals surface area contributed by atoms with Gasteiger partial charge in [0.2, 0.25) is 11.8 Å². The number of para-hydroxylation sites is 2. The molecule has 0 saturated carbocycles. The van der Waals surface area contributed by atoms with Crippen LogP contribution in [-0.4, -0.2) is 77.3 Å². The smallest absolute Gasteiger partial charge is 0.337 e. The van der Waals surface area contributed by atoms with E-state index in [4.69, 9.17) is 24.4 Å². The Morgan fingerprint density at radius 2 is 1.02 bits per heavy atom. The van der Waals surface area contributed by atoms with Crippen molar-refractivity contribution in [2.45, 2.75) is 12.8 Å². The Morgan fingerprint density at radius 1 is 0.667 bits per heavy atom. The van der Waals surface area contributed by atoms with Crippen LogP contribution in [0.15, 0.2) is 58.3 Å². The summed E-state index contributed by atoms with van der Waals surface area (Å²) >= 11 is 12.5. The van der Waals surface area contributed by atoms with Gasteiger partial charge in [0.15, 0.2) is 0 Å². The molecule has 16 heteroatoms. The lowest BCUT2D eigenvalue weighted by Crippen LogP contribution is -2.32. The zero-order valence-corrected chi connectivity index (χ0v) is 24.6. The number of benzene rings is 2. The molecular formula is C26H20N4O8S4. The summed E-state index contributed by atoms with van der Waals surface area (Å²) in [5.41, 5.74) is 0.0803. The van der Waals surface area contributed by atoms with Crippen molar-refractivity contribution in [1.29, 1.82) is 0 Å². The number of aromatic carboxylic acids is 2. The van der Waals surface area contributed by atoms with Crippen LogP contribution in [0.2, 0.25) is 0 Å². The minimum Gasteiger partial charge on any atom is -0.478 e. The number of thiocarbonyl (C=S) groups is 2. The Bertz CT molecular complexity index is 1480. The summed E-state index contributed by atoms with van der Waals surface area (Å²) in [5, 5.41) is 22.7. The van der Waals surface area contributed by atoms with Crippen LogP contribution in [-0.2, 0) is 9.59 Å². The van der Waals surface area contributed by atoms with Gasteiger partial charge in [-0.2, -0.15) is 0 Å². The van der Waals surface area contributed by atoms with Crippen molar-refractivity contribution in [3.8, 4) is 0 Å². The Hall–Kier alpha value is -4.12. The Balaban J connectivity index is 1.36. The predicted octanol–water partition coefficient (Wildman–Crippen LogP) is 4.64. The number of anilines is 2. The number of rotatable bonds is 10. The summed E-state index contributed by atoms with van der Waals surface area (Å²) in [5.74, 6) is -3.46. The molecule has 0 bridgehead atoms. The summed E-state index contributed by atoms with van der Waals surface area (Å²) in [4.78, 5) is 76.3. The molecule has 2 heterocycles. The van der Waals surface area contributed by atoms with Crippen molar-refractivity contribution in [2.75, 3.05) is 23.7 Å². The van der Waals surface area contributed by atoms with E-state index < -0.39 is 34.2 Å². The van der Waals surface area contributed by atoms with E-state index in [1.54, 1.807) is 12.1 Å². The second-order valence-electron chi connectivity index (χ2n) is 8.61. The van der Waals surface area contributed by atoms with Gasteiger partial charge in [0.1, 0.15) is 9.98 Å². The van der Waals surface area contributed by atoms with Crippen LogP contribution in [0, 0.1) is 0 Å². The number of carboxylic acid groups (broad SMARTS) is 2. The molecule has 4 amide bonds. The fourth-order valence-corrected chi connectivity index (χ4v) is 6.87. The van der Waals surface area contributed by atoms with Crippen LogP contribution >= 0.6 is 48.0 Å². The number of hydrogen-bond donors (Lipinski definition) is 4. The van der Waals surface area contributed by atoms with Gasteiger partial charge in [0.05, 0.1) is 32.3 Å². The van der Waals surface area contributed by atoms with E-state index in [1.807, 2.05) is 0 Å². The van der Waals surface area contributed by atoms with Gasteiger partial charge in [-0.25, -0.2) is 9.59 Å².